The van der Waals surface area contributed by atoms with E-state index in [-0.39, 0.29) is 4.29 Å². The van der Waals surface area contributed by atoms with Crippen LogP contribution in [-0.4, -0.2) is 4.29 Å². The van der Waals surface area contributed by atoms with E-state index in [9.17, 15) is 0 Å². The molecule has 0 aromatic heterocycles. The maximum atomic E-state index is 5.49. The molecule has 0 saturated carbocycles. The van der Waals surface area contributed by atoms with Gasteiger partial charge in [0, 0.05) is 0 Å². The zero-order chi connectivity index (χ0) is 4.99. The predicted octanol–water partition coefficient (Wildman–Crippen LogP) is 2.75. The molecular weight excluding hydrogens is 163 g/mol. The van der Waals surface area contributed by atoms with E-state index in [4.69, 9.17) is 11.6 Å². The summed E-state index contributed by atoms with van der Waals surface area (Å²) in [5, 5.41) is 0. The number of rotatable bonds is 2. The molecule has 6 heavy (non-hydrogen) atoms. The lowest BCUT2D eigenvalue weighted by atomic mass is 10.4. The summed E-state index contributed by atoms with van der Waals surface area (Å²) in [4.78, 5) is 0. The molecule has 0 aromatic rings. The Morgan fingerprint density at radius 2 is 2.33 bits per heavy atom. The van der Waals surface area contributed by atoms with Crippen molar-refractivity contribution in [3.8, 4) is 0 Å². The Hall–Kier alpha value is 0.770. The van der Waals surface area contributed by atoms with Crippen molar-refractivity contribution < 1.29 is 0 Å². The quantitative estimate of drug-likeness (QED) is 0.561. The van der Waals surface area contributed by atoms with Gasteiger partial charge in [-0.2, -0.15) is 0 Å². The number of halogens is 2. The summed E-state index contributed by atoms with van der Waals surface area (Å²) in [5.41, 5.74) is 0. The van der Waals surface area contributed by atoms with Crippen molar-refractivity contribution in [2.45, 2.75) is 24.1 Å². The number of hydrogen-bond donors (Lipinski definition) is 0. The Labute approximate surface area is 52.0 Å². The molecule has 2 heteroatoms. The van der Waals surface area contributed by atoms with Crippen LogP contribution in [0.5, 0.6) is 0 Å². The zero-order valence-corrected chi connectivity index (χ0v) is 6.09. The molecule has 0 aliphatic heterocycles. The molecule has 1 atom stereocenters. The Balaban J connectivity index is 2.63. The molecule has 0 saturated heterocycles. The fourth-order valence-corrected chi connectivity index (χ4v) is 0.894. The van der Waals surface area contributed by atoms with Crippen molar-refractivity contribution >= 4 is 27.5 Å². The highest BCUT2D eigenvalue weighted by molar-refractivity contribution is 9.10. The topological polar surface area (TPSA) is 0 Å². The molecule has 0 fully saturated rings. The second-order valence-electron chi connectivity index (χ2n) is 1.18. The van der Waals surface area contributed by atoms with Crippen molar-refractivity contribution in [1.82, 2.24) is 0 Å². The van der Waals surface area contributed by atoms with Crippen LogP contribution < -0.4 is 0 Å². The van der Waals surface area contributed by atoms with E-state index >= 15 is 0 Å². The van der Waals surface area contributed by atoms with Crippen LogP contribution in [0.2, 0.25) is 0 Å². The molecule has 0 radical (unpaired) electrons. The van der Waals surface area contributed by atoms with Crippen LogP contribution >= 0.6 is 27.5 Å². The SMILES string of the molecule is CCCC(Cl)Br. The summed E-state index contributed by atoms with van der Waals surface area (Å²) in [6.45, 7) is 2.11. The summed E-state index contributed by atoms with van der Waals surface area (Å²) in [6.07, 6.45) is 2.21. The first kappa shape index (κ1) is 6.77. The van der Waals surface area contributed by atoms with Gasteiger partial charge in [-0.1, -0.05) is 29.3 Å². The molecule has 0 bridgehead atoms. The zero-order valence-electron chi connectivity index (χ0n) is 3.75. The van der Waals surface area contributed by atoms with Gasteiger partial charge in [-0.3, -0.25) is 0 Å². The van der Waals surface area contributed by atoms with Crippen molar-refractivity contribution in [3.63, 3.8) is 0 Å². The lowest BCUT2D eigenvalue weighted by Crippen LogP contribution is -1.79. The van der Waals surface area contributed by atoms with Crippen LogP contribution in [-0.2, 0) is 0 Å². The minimum absolute atomic E-state index is 0.183. The highest BCUT2D eigenvalue weighted by Crippen LogP contribution is 2.10. The van der Waals surface area contributed by atoms with Gasteiger partial charge in [0.1, 0.15) is 0 Å². The van der Waals surface area contributed by atoms with Gasteiger partial charge >= 0.3 is 0 Å². The van der Waals surface area contributed by atoms with Gasteiger partial charge in [-0.05, 0) is 6.42 Å². The fourth-order valence-electron chi connectivity index (χ4n) is 0.218. The lowest BCUT2D eigenvalue weighted by molar-refractivity contribution is 0.872. The monoisotopic (exact) mass is 170 g/mol. The summed E-state index contributed by atoms with van der Waals surface area (Å²) in [5.74, 6) is 0. The second-order valence-corrected chi connectivity index (χ2v) is 3.34. The first-order valence-electron chi connectivity index (χ1n) is 2.05. The Bertz CT molecular complexity index is 28.7. The molecule has 0 aliphatic rings. The van der Waals surface area contributed by atoms with Crippen LogP contribution in [0.25, 0.3) is 0 Å². The standard InChI is InChI=1S/C4H8BrCl/c1-2-3-4(5)6/h4H,2-3H2,1H3. The normalized spacial score (nSPS) is 14.5. The molecular formula is C4H8BrCl. The Kier molecular flexibility index (Phi) is 4.45. The van der Waals surface area contributed by atoms with Crippen molar-refractivity contribution in [1.29, 1.82) is 0 Å². The van der Waals surface area contributed by atoms with Gasteiger partial charge < -0.3 is 0 Å². The van der Waals surface area contributed by atoms with E-state index in [0.29, 0.717) is 0 Å². The molecule has 0 rings (SSSR count). The molecule has 0 amide bonds. The average molecular weight is 171 g/mol. The number of hydrogen-bond acceptors (Lipinski definition) is 0. The Morgan fingerprint density at radius 1 is 1.83 bits per heavy atom. The molecule has 1 unspecified atom stereocenters. The van der Waals surface area contributed by atoms with E-state index in [1.807, 2.05) is 0 Å². The van der Waals surface area contributed by atoms with Gasteiger partial charge in [0.05, 0.1) is 4.29 Å². The van der Waals surface area contributed by atoms with Crippen molar-refractivity contribution in [2.24, 2.45) is 0 Å². The smallest absolute Gasteiger partial charge is 0.0886 e. The molecule has 0 N–H and O–H groups in total. The van der Waals surface area contributed by atoms with E-state index in [0.717, 1.165) is 12.8 Å². The highest BCUT2D eigenvalue weighted by Gasteiger charge is 1.90. The molecule has 0 aliphatic carbocycles. The highest BCUT2D eigenvalue weighted by atomic mass is 79.9. The third-order valence-electron chi connectivity index (χ3n) is 0.507. The summed E-state index contributed by atoms with van der Waals surface area (Å²) < 4.78 is 0.183. The lowest BCUT2D eigenvalue weighted by Gasteiger charge is -1.91. The summed E-state index contributed by atoms with van der Waals surface area (Å²) in [6, 6.07) is 0. The van der Waals surface area contributed by atoms with Crippen LogP contribution in [0.4, 0.5) is 0 Å². The van der Waals surface area contributed by atoms with Gasteiger partial charge in [-0.15, -0.1) is 11.6 Å². The molecule has 0 aromatic carbocycles. The average Bonchev–Trinajstić information content (AvgIpc) is 1.35. The van der Waals surface area contributed by atoms with Crippen LogP contribution in [0.1, 0.15) is 19.8 Å². The van der Waals surface area contributed by atoms with E-state index in [2.05, 4.69) is 22.9 Å². The van der Waals surface area contributed by atoms with Gasteiger partial charge in [0.15, 0.2) is 0 Å². The molecule has 0 nitrogen and oxygen atoms in total. The second kappa shape index (κ2) is 3.94. The molecule has 38 valence electrons. The van der Waals surface area contributed by atoms with Gasteiger partial charge in [-0.25, -0.2) is 0 Å². The minimum atomic E-state index is 0.183. The maximum Gasteiger partial charge on any atom is 0.0886 e. The van der Waals surface area contributed by atoms with Crippen LogP contribution in [0, 0.1) is 0 Å². The summed E-state index contributed by atoms with van der Waals surface area (Å²) >= 11 is 8.69. The summed E-state index contributed by atoms with van der Waals surface area (Å²) in [7, 11) is 0. The third-order valence-corrected chi connectivity index (χ3v) is 1.18. The maximum absolute atomic E-state index is 5.49. The first-order chi connectivity index (χ1) is 2.77. The largest absolute Gasteiger partial charge is 0.110 e. The Morgan fingerprint density at radius 3 is 2.33 bits per heavy atom. The van der Waals surface area contributed by atoms with E-state index in [1.54, 1.807) is 0 Å². The van der Waals surface area contributed by atoms with Crippen LogP contribution in [0.3, 0.4) is 0 Å². The first-order valence-corrected chi connectivity index (χ1v) is 3.40. The van der Waals surface area contributed by atoms with E-state index in [1.165, 1.54) is 0 Å². The van der Waals surface area contributed by atoms with Crippen LogP contribution in [0.15, 0.2) is 0 Å². The van der Waals surface area contributed by atoms with Crippen molar-refractivity contribution in [3.05, 3.63) is 0 Å². The molecule has 0 heterocycles. The van der Waals surface area contributed by atoms with E-state index < -0.39 is 0 Å². The minimum Gasteiger partial charge on any atom is -0.110 e. The molecule has 0 spiro atoms. The van der Waals surface area contributed by atoms with Crippen molar-refractivity contribution in [2.75, 3.05) is 0 Å². The third kappa shape index (κ3) is 4.77. The fraction of sp³-hybridized carbons (Fsp3) is 1.00. The number of alkyl halides is 2. The van der Waals surface area contributed by atoms with Gasteiger partial charge in [0.2, 0.25) is 0 Å². The van der Waals surface area contributed by atoms with Gasteiger partial charge in [0.25, 0.3) is 0 Å². The predicted molar refractivity (Wildman–Crippen MR) is 33.5 cm³/mol.